The van der Waals surface area contributed by atoms with Gasteiger partial charge in [0.2, 0.25) is 5.91 Å². The molecule has 0 spiro atoms. The summed E-state index contributed by atoms with van der Waals surface area (Å²) in [7, 11) is 0. The summed E-state index contributed by atoms with van der Waals surface area (Å²) in [5.74, 6) is 0.325. The van der Waals surface area contributed by atoms with Gasteiger partial charge < -0.3 is 5.32 Å². The van der Waals surface area contributed by atoms with Crippen molar-refractivity contribution >= 4 is 11.7 Å². The number of carbonyl (C=O) groups is 1. The number of nitrogens with one attached hydrogen (secondary N) is 1. The van der Waals surface area contributed by atoms with Crippen LogP contribution in [0.15, 0.2) is 61.2 Å². The molecule has 7 nitrogen and oxygen atoms in total. The molecule has 0 aliphatic rings. The van der Waals surface area contributed by atoms with Crippen molar-refractivity contribution < 1.29 is 4.79 Å². The van der Waals surface area contributed by atoms with Crippen LogP contribution in [0.4, 0.5) is 5.82 Å². The third-order valence-electron chi connectivity index (χ3n) is 4.90. The number of aryl methyl sites for hydroxylation is 2. The van der Waals surface area contributed by atoms with E-state index in [9.17, 15) is 4.79 Å². The fraction of sp³-hybridized carbons (Fsp3) is 0.174. The van der Waals surface area contributed by atoms with Gasteiger partial charge in [0, 0.05) is 47.3 Å². The molecule has 0 saturated carbocycles. The minimum Gasteiger partial charge on any atom is -0.309 e. The highest BCUT2D eigenvalue weighted by atomic mass is 16.2. The third kappa shape index (κ3) is 4.10. The van der Waals surface area contributed by atoms with Crippen LogP contribution in [0.5, 0.6) is 0 Å². The largest absolute Gasteiger partial charge is 0.309 e. The van der Waals surface area contributed by atoms with Crippen molar-refractivity contribution in [1.82, 2.24) is 24.7 Å². The van der Waals surface area contributed by atoms with E-state index < -0.39 is 0 Å². The Kier molecular flexibility index (Phi) is 5.34. The summed E-state index contributed by atoms with van der Waals surface area (Å²) in [5, 5.41) is 7.40. The number of hydrogen-bond acceptors (Lipinski definition) is 5. The Morgan fingerprint density at radius 1 is 0.933 bits per heavy atom. The van der Waals surface area contributed by atoms with Crippen LogP contribution >= 0.6 is 0 Å². The first-order valence-electron chi connectivity index (χ1n) is 9.64. The smallest absolute Gasteiger partial charge is 0.247 e. The van der Waals surface area contributed by atoms with E-state index in [1.807, 2.05) is 51.1 Å². The van der Waals surface area contributed by atoms with E-state index in [1.54, 1.807) is 35.5 Å². The van der Waals surface area contributed by atoms with Crippen molar-refractivity contribution in [2.75, 3.05) is 5.32 Å². The zero-order chi connectivity index (χ0) is 21.1. The summed E-state index contributed by atoms with van der Waals surface area (Å²) in [4.78, 5) is 25.2. The molecule has 0 saturated heterocycles. The van der Waals surface area contributed by atoms with Crippen molar-refractivity contribution in [3.05, 3.63) is 78.3 Å². The first-order valence-corrected chi connectivity index (χ1v) is 9.64. The Morgan fingerprint density at radius 2 is 1.70 bits per heavy atom. The lowest BCUT2D eigenvalue weighted by molar-refractivity contribution is -0.117. The molecule has 0 fully saturated rings. The average molecular weight is 398 g/mol. The molecular weight excluding hydrogens is 376 g/mol. The maximum Gasteiger partial charge on any atom is 0.247 e. The standard InChI is InChI=1S/C23H22N6O/c1-15-12-19(8-11-25-15)23-16(2)28-29(17(23)3)14-22(30)27-21-5-4-20(13-26-21)18-6-9-24-10-7-18/h4-13H,14H2,1-3H3,(H,26,27,30). The number of pyridine rings is 3. The first-order chi connectivity index (χ1) is 14.5. The molecule has 0 bridgehead atoms. The molecule has 4 aromatic rings. The highest BCUT2D eigenvalue weighted by molar-refractivity contribution is 5.90. The number of nitrogens with zero attached hydrogens (tertiary/aromatic N) is 5. The minimum absolute atomic E-state index is 0.116. The predicted molar refractivity (Wildman–Crippen MR) is 116 cm³/mol. The van der Waals surface area contributed by atoms with E-state index in [1.165, 1.54) is 0 Å². The van der Waals surface area contributed by atoms with E-state index >= 15 is 0 Å². The van der Waals surface area contributed by atoms with Gasteiger partial charge in [-0.25, -0.2) is 4.98 Å². The Balaban J connectivity index is 1.48. The molecule has 0 aromatic carbocycles. The predicted octanol–water partition coefficient (Wildman–Crippen LogP) is 3.97. The SMILES string of the molecule is Cc1cc(-c2c(C)nn(CC(=O)Nc3ccc(-c4ccncc4)cn3)c2C)ccn1. The average Bonchev–Trinajstić information content (AvgIpc) is 3.02. The van der Waals surface area contributed by atoms with Gasteiger partial charge in [0.05, 0.1) is 5.69 Å². The lowest BCUT2D eigenvalue weighted by atomic mass is 10.0. The fourth-order valence-corrected chi connectivity index (χ4v) is 3.47. The number of amides is 1. The lowest BCUT2D eigenvalue weighted by Gasteiger charge is -2.08. The second-order valence-electron chi connectivity index (χ2n) is 7.11. The van der Waals surface area contributed by atoms with Crippen LogP contribution in [0, 0.1) is 20.8 Å². The van der Waals surface area contributed by atoms with E-state index in [4.69, 9.17) is 0 Å². The molecule has 0 atom stereocenters. The summed E-state index contributed by atoms with van der Waals surface area (Å²) in [6, 6.07) is 11.5. The number of anilines is 1. The topological polar surface area (TPSA) is 85.6 Å². The maximum absolute atomic E-state index is 12.6. The van der Waals surface area contributed by atoms with Gasteiger partial charge in [-0.05, 0) is 68.3 Å². The van der Waals surface area contributed by atoms with Crippen LogP contribution < -0.4 is 5.32 Å². The molecule has 4 rings (SSSR count). The number of carbonyl (C=O) groups excluding carboxylic acids is 1. The summed E-state index contributed by atoms with van der Waals surface area (Å²) in [6.45, 7) is 6.00. The van der Waals surface area contributed by atoms with Gasteiger partial charge in [0.1, 0.15) is 12.4 Å². The van der Waals surface area contributed by atoms with Gasteiger partial charge in [-0.1, -0.05) is 0 Å². The number of hydrogen-bond donors (Lipinski definition) is 1. The van der Waals surface area contributed by atoms with Crippen LogP contribution in [0.25, 0.3) is 22.3 Å². The van der Waals surface area contributed by atoms with Gasteiger partial charge in [-0.3, -0.25) is 19.4 Å². The molecule has 4 aromatic heterocycles. The zero-order valence-corrected chi connectivity index (χ0v) is 17.1. The molecule has 0 unspecified atom stereocenters. The molecule has 0 aliphatic heterocycles. The van der Waals surface area contributed by atoms with E-state index in [0.717, 1.165) is 39.3 Å². The lowest BCUT2D eigenvalue weighted by Crippen LogP contribution is -2.20. The van der Waals surface area contributed by atoms with Crippen molar-refractivity contribution in [2.24, 2.45) is 0 Å². The van der Waals surface area contributed by atoms with Gasteiger partial charge in [-0.15, -0.1) is 0 Å². The molecule has 150 valence electrons. The monoisotopic (exact) mass is 398 g/mol. The first kappa shape index (κ1) is 19.4. The quantitative estimate of drug-likeness (QED) is 0.550. The second kappa shape index (κ2) is 8.24. The Hall–Kier alpha value is -3.87. The van der Waals surface area contributed by atoms with E-state index in [0.29, 0.717) is 5.82 Å². The molecule has 1 amide bonds. The fourth-order valence-electron chi connectivity index (χ4n) is 3.47. The highest BCUT2D eigenvalue weighted by Crippen LogP contribution is 2.27. The molecule has 7 heteroatoms. The molecule has 0 radical (unpaired) electrons. The van der Waals surface area contributed by atoms with Crippen LogP contribution in [0.3, 0.4) is 0 Å². The summed E-state index contributed by atoms with van der Waals surface area (Å²) in [5.41, 5.74) is 6.84. The normalized spacial score (nSPS) is 10.8. The number of rotatable bonds is 5. The van der Waals surface area contributed by atoms with Gasteiger partial charge >= 0.3 is 0 Å². The summed E-state index contributed by atoms with van der Waals surface area (Å²) < 4.78 is 1.72. The van der Waals surface area contributed by atoms with Gasteiger partial charge in [0.15, 0.2) is 0 Å². The van der Waals surface area contributed by atoms with Crippen LogP contribution in [-0.2, 0) is 11.3 Å². The van der Waals surface area contributed by atoms with Crippen LogP contribution in [-0.4, -0.2) is 30.6 Å². The Bertz CT molecular complexity index is 1180. The van der Waals surface area contributed by atoms with Crippen LogP contribution in [0.2, 0.25) is 0 Å². The van der Waals surface area contributed by atoms with E-state index in [2.05, 4.69) is 25.4 Å². The molecule has 1 N–H and O–H groups in total. The van der Waals surface area contributed by atoms with Crippen molar-refractivity contribution in [3.8, 4) is 22.3 Å². The highest BCUT2D eigenvalue weighted by Gasteiger charge is 2.16. The maximum atomic E-state index is 12.6. The summed E-state index contributed by atoms with van der Waals surface area (Å²) >= 11 is 0. The molecule has 30 heavy (non-hydrogen) atoms. The van der Waals surface area contributed by atoms with Gasteiger partial charge in [0.25, 0.3) is 0 Å². The Morgan fingerprint density at radius 3 is 2.40 bits per heavy atom. The van der Waals surface area contributed by atoms with Crippen molar-refractivity contribution in [2.45, 2.75) is 27.3 Å². The van der Waals surface area contributed by atoms with Crippen molar-refractivity contribution in [1.29, 1.82) is 0 Å². The van der Waals surface area contributed by atoms with E-state index in [-0.39, 0.29) is 12.5 Å². The van der Waals surface area contributed by atoms with Gasteiger partial charge in [-0.2, -0.15) is 5.10 Å². The Labute approximate surface area is 174 Å². The molecule has 0 aliphatic carbocycles. The molecule has 4 heterocycles. The zero-order valence-electron chi connectivity index (χ0n) is 17.1. The van der Waals surface area contributed by atoms with Crippen LogP contribution in [0.1, 0.15) is 17.1 Å². The molecular formula is C23H22N6O. The third-order valence-corrected chi connectivity index (χ3v) is 4.90. The minimum atomic E-state index is -0.178. The number of aromatic nitrogens is 5. The van der Waals surface area contributed by atoms with Crippen molar-refractivity contribution in [3.63, 3.8) is 0 Å². The summed E-state index contributed by atoms with van der Waals surface area (Å²) in [6.07, 6.45) is 6.99. The second-order valence-corrected chi connectivity index (χ2v) is 7.11.